The van der Waals surface area contributed by atoms with Crippen molar-refractivity contribution in [1.82, 2.24) is 4.90 Å². The molecule has 2 aromatic carbocycles. The molecule has 2 saturated heterocycles. The van der Waals surface area contributed by atoms with E-state index in [1.54, 1.807) is 24.3 Å². The highest BCUT2D eigenvalue weighted by Gasteiger charge is 2.52. The van der Waals surface area contributed by atoms with Crippen LogP contribution < -0.4 is 15.4 Å². The molecule has 37 heavy (non-hydrogen) atoms. The monoisotopic (exact) mass is 525 g/mol. The third-order valence-corrected chi connectivity index (χ3v) is 10.8. The van der Waals surface area contributed by atoms with Gasteiger partial charge in [0.05, 0.1) is 11.5 Å². The van der Waals surface area contributed by atoms with E-state index in [2.05, 4.69) is 34.1 Å². The summed E-state index contributed by atoms with van der Waals surface area (Å²) >= 11 is 0. The highest BCUT2D eigenvalue weighted by atomic mass is 32.2. The molecule has 0 unspecified atom stereocenters. The third kappa shape index (κ3) is 5.65. The number of rotatable bonds is 10. The van der Waals surface area contributed by atoms with Gasteiger partial charge >= 0.3 is 0 Å². The predicted octanol–water partition coefficient (Wildman–Crippen LogP) is 3.94. The zero-order valence-electron chi connectivity index (χ0n) is 21.6. The first kappa shape index (κ1) is 26.0. The number of piperidine rings is 2. The van der Waals surface area contributed by atoms with Crippen molar-refractivity contribution in [3.8, 4) is 5.75 Å². The van der Waals surface area contributed by atoms with Gasteiger partial charge in [0.15, 0.2) is 14.6 Å². The molecule has 1 saturated carbocycles. The Hall–Kier alpha value is -2.58. The lowest BCUT2D eigenvalue weighted by molar-refractivity contribution is -0.121. The Morgan fingerprint density at radius 1 is 0.973 bits per heavy atom. The molecular formula is C29H39N3O4S. The minimum Gasteiger partial charge on any atom is -0.494 e. The van der Waals surface area contributed by atoms with E-state index in [1.807, 2.05) is 0 Å². The van der Waals surface area contributed by atoms with Gasteiger partial charge in [-0.15, -0.1) is 0 Å². The SMILES string of the molecule is NC(=O)C1(S(=O)(=O)c2ccc(OCCCc3cccc(N4CCCCC4)c3)cc2)CCN(C2CC2)CC1. The maximum absolute atomic E-state index is 13.5. The smallest absolute Gasteiger partial charge is 0.239 e. The predicted molar refractivity (Wildman–Crippen MR) is 146 cm³/mol. The summed E-state index contributed by atoms with van der Waals surface area (Å²) < 4.78 is 31.5. The van der Waals surface area contributed by atoms with Crippen LogP contribution in [0.4, 0.5) is 5.69 Å². The summed E-state index contributed by atoms with van der Waals surface area (Å²) in [7, 11) is -3.90. The molecule has 3 fully saturated rings. The minimum atomic E-state index is -3.90. The summed E-state index contributed by atoms with van der Waals surface area (Å²) in [6.07, 6.45) is 8.45. The van der Waals surface area contributed by atoms with Crippen molar-refractivity contribution in [2.75, 3.05) is 37.7 Å². The summed E-state index contributed by atoms with van der Waals surface area (Å²) in [5, 5.41) is 0. The molecule has 5 rings (SSSR count). The van der Waals surface area contributed by atoms with E-state index in [0.29, 0.717) is 31.5 Å². The van der Waals surface area contributed by atoms with Gasteiger partial charge in [0.2, 0.25) is 5.91 Å². The number of nitrogens with zero attached hydrogens (tertiary/aromatic N) is 2. The number of likely N-dealkylation sites (tertiary alicyclic amines) is 1. The van der Waals surface area contributed by atoms with Crippen LogP contribution in [-0.4, -0.2) is 62.8 Å². The first-order valence-electron chi connectivity index (χ1n) is 13.7. The fourth-order valence-electron chi connectivity index (χ4n) is 5.81. The van der Waals surface area contributed by atoms with Crippen LogP contribution >= 0.6 is 0 Å². The van der Waals surface area contributed by atoms with E-state index in [4.69, 9.17) is 10.5 Å². The zero-order chi connectivity index (χ0) is 25.9. The molecule has 2 aliphatic heterocycles. The Labute approximate surface area is 220 Å². The van der Waals surface area contributed by atoms with Crippen LogP contribution in [-0.2, 0) is 21.1 Å². The topological polar surface area (TPSA) is 92.9 Å². The highest BCUT2D eigenvalue weighted by Crippen LogP contribution is 2.39. The average Bonchev–Trinajstić information content (AvgIpc) is 3.78. The molecule has 0 radical (unpaired) electrons. The van der Waals surface area contributed by atoms with Crippen LogP contribution in [0.5, 0.6) is 5.75 Å². The number of benzene rings is 2. The number of nitrogens with two attached hydrogens (primary N) is 1. The average molecular weight is 526 g/mol. The fraction of sp³-hybridized carbons (Fsp3) is 0.552. The molecule has 8 heteroatoms. The second kappa shape index (κ2) is 11.0. The van der Waals surface area contributed by atoms with Crippen LogP contribution in [0.3, 0.4) is 0 Å². The van der Waals surface area contributed by atoms with E-state index < -0.39 is 20.5 Å². The van der Waals surface area contributed by atoms with E-state index in [1.165, 1.54) is 30.5 Å². The van der Waals surface area contributed by atoms with Crippen LogP contribution in [0.1, 0.15) is 56.9 Å². The van der Waals surface area contributed by atoms with E-state index in [9.17, 15) is 13.2 Å². The molecule has 2 aromatic rings. The van der Waals surface area contributed by atoms with Crippen molar-refractivity contribution in [3.05, 3.63) is 54.1 Å². The number of hydrogen-bond acceptors (Lipinski definition) is 6. The Bertz CT molecular complexity index is 1180. The molecule has 1 aliphatic carbocycles. The summed E-state index contributed by atoms with van der Waals surface area (Å²) in [5.41, 5.74) is 8.32. The van der Waals surface area contributed by atoms with Crippen molar-refractivity contribution in [2.24, 2.45) is 5.73 Å². The molecule has 3 aliphatic rings. The van der Waals surface area contributed by atoms with Crippen molar-refractivity contribution >= 4 is 21.4 Å². The number of aryl methyl sites for hydroxylation is 1. The lowest BCUT2D eigenvalue weighted by Gasteiger charge is -2.39. The van der Waals surface area contributed by atoms with Crippen LogP contribution in [0.2, 0.25) is 0 Å². The lowest BCUT2D eigenvalue weighted by Crippen LogP contribution is -2.57. The van der Waals surface area contributed by atoms with Gasteiger partial charge < -0.3 is 20.3 Å². The normalized spacial score (nSPS) is 20.5. The first-order valence-corrected chi connectivity index (χ1v) is 15.2. The van der Waals surface area contributed by atoms with Gasteiger partial charge in [-0.3, -0.25) is 4.79 Å². The van der Waals surface area contributed by atoms with Crippen LogP contribution in [0.25, 0.3) is 0 Å². The van der Waals surface area contributed by atoms with Gasteiger partial charge in [-0.05, 0) is 99.7 Å². The lowest BCUT2D eigenvalue weighted by atomic mass is 9.95. The molecule has 0 aromatic heterocycles. The van der Waals surface area contributed by atoms with E-state index in [0.717, 1.165) is 38.8 Å². The van der Waals surface area contributed by atoms with Crippen molar-refractivity contribution in [1.29, 1.82) is 0 Å². The number of hydrogen-bond donors (Lipinski definition) is 1. The number of carbonyl (C=O) groups excluding carboxylic acids is 1. The Morgan fingerprint density at radius 2 is 1.68 bits per heavy atom. The van der Waals surface area contributed by atoms with Crippen molar-refractivity contribution in [3.63, 3.8) is 0 Å². The van der Waals surface area contributed by atoms with Gasteiger partial charge in [0, 0.05) is 37.9 Å². The number of anilines is 1. The third-order valence-electron chi connectivity index (χ3n) is 8.28. The number of carbonyl (C=O) groups is 1. The summed E-state index contributed by atoms with van der Waals surface area (Å²) in [4.78, 5) is 17.3. The van der Waals surface area contributed by atoms with Gasteiger partial charge in [-0.25, -0.2) is 8.42 Å². The Kier molecular flexibility index (Phi) is 7.77. The van der Waals surface area contributed by atoms with Crippen molar-refractivity contribution in [2.45, 2.75) is 73.5 Å². The van der Waals surface area contributed by atoms with Gasteiger partial charge in [-0.1, -0.05) is 12.1 Å². The number of sulfone groups is 1. The first-order chi connectivity index (χ1) is 17.9. The standard InChI is InChI=1S/C29H39N3O4S/c30-28(33)29(15-19-32(20-16-29)24-9-10-24)37(34,35)27-13-11-26(12-14-27)36-21-5-7-23-6-4-8-25(22-23)31-17-2-1-3-18-31/h4,6,8,11-14,22,24H,1-3,5,7,9-10,15-21H2,(H2,30,33). The quantitative estimate of drug-likeness (QED) is 0.472. The molecule has 2 heterocycles. The molecule has 7 nitrogen and oxygen atoms in total. The molecule has 200 valence electrons. The van der Waals surface area contributed by atoms with E-state index in [-0.39, 0.29) is 17.7 Å². The molecule has 1 amide bonds. The molecular weight excluding hydrogens is 486 g/mol. The van der Waals surface area contributed by atoms with E-state index >= 15 is 0 Å². The summed E-state index contributed by atoms with van der Waals surface area (Å²) in [6, 6.07) is 15.8. The van der Waals surface area contributed by atoms with Crippen LogP contribution in [0, 0.1) is 0 Å². The van der Waals surface area contributed by atoms with Gasteiger partial charge in [0.1, 0.15) is 5.75 Å². The summed E-state index contributed by atoms with van der Waals surface area (Å²) in [5.74, 6) is -0.120. The number of primary amides is 1. The zero-order valence-corrected chi connectivity index (χ0v) is 22.4. The highest BCUT2D eigenvalue weighted by molar-refractivity contribution is 7.93. The minimum absolute atomic E-state index is 0.132. The Morgan fingerprint density at radius 3 is 2.32 bits per heavy atom. The molecule has 0 atom stereocenters. The molecule has 0 spiro atoms. The summed E-state index contributed by atoms with van der Waals surface area (Å²) in [6.45, 7) is 4.00. The molecule has 2 N–H and O–H groups in total. The van der Waals surface area contributed by atoms with Crippen LogP contribution in [0.15, 0.2) is 53.4 Å². The number of ether oxygens (including phenoxy) is 1. The van der Waals surface area contributed by atoms with Gasteiger partial charge in [-0.2, -0.15) is 0 Å². The largest absolute Gasteiger partial charge is 0.494 e. The molecule has 0 bridgehead atoms. The number of amides is 1. The second-order valence-electron chi connectivity index (χ2n) is 10.8. The second-order valence-corrected chi connectivity index (χ2v) is 13.0. The Balaban J connectivity index is 1.15. The maximum atomic E-state index is 13.5. The fourth-order valence-corrected chi connectivity index (χ4v) is 7.74. The van der Waals surface area contributed by atoms with Crippen molar-refractivity contribution < 1.29 is 17.9 Å². The maximum Gasteiger partial charge on any atom is 0.239 e. The van der Waals surface area contributed by atoms with Gasteiger partial charge in [0.25, 0.3) is 0 Å².